The van der Waals surface area contributed by atoms with E-state index in [1.165, 1.54) is 17.3 Å². The highest BCUT2D eigenvalue weighted by atomic mass is 32.2. The summed E-state index contributed by atoms with van der Waals surface area (Å²) in [5.41, 5.74) is 4.74. The minimum Gasteiger partial charge on any atom is -0.487 e. The molecule has 0 radical (unpaired) electrons. The van der Waals surface area contributed by atoms with Crippen molar-refractivity contribution in [3.63, 3.8) is 0 Å². The molecule has 0 spiro atoms. The maximum atomic E-state index is 14.4. The maximum absolute atomic E-state index is 14.4. The highest BCUT2D eigenvalue weighted by Gasteiger charge is 2.71. The zero-order valence-electron chi connectivity index (χ0n) is 28.3. The number of fused-ring (bicyclic) bond motifs is 1. The van der Waals surface area contributed by atoms with Crippen molar-refractivity contribution in [2.45, 2.75) is 68.0 Å². The Hall–Kier alpha value is -4.34. The van der Waals surface area contributed by atoms with Crippen molar-refractivity contribution in [3.05, 3.63) is 149 Å². The molecule has 7 nitrogen and oxygen atoms in total. The van der Waals surface area contributed by atoms with Crippen LogP contribution in [0.25, 0.3) is 0 Å². The third kappa shape index (κ3) is 5.64. The van der Waals surface area contributed by atoms with E-state index >= 15 is 0 Å². The van der Waals surface area contributed by atoms with E-state index in [9.17, 15) is 9.59 Å². The zero-order chi connectivity index (χ0) is 34.3. The summed E-state index contributed by atoms with van der Waals surface area (Å²) in [6, 6.07) is 26.3. The van der Waals surface area contributed by atoms with E-state index < -0.39 is 15.3 Å². The molecule has 0 N–H and O–H groups in total. The molecule has 2 unspecified atom stereocenters. The molecule has 2 atom stereocenters. The fraction of sp³-hybridized carbons (Fsp3) is 0.317. The lowest BCUT2D eigenvalue weighted by atomic mass is 9.89. The summed E-state index contributed by atoms with van der Waals surface area (Å²) in [4.78, 5) is 30.3. The van der Waals surface area contributed by atoms with Crippen molar-refractivity contribution >= 4 is 35.3 Å². The van der Waals surface area contributed by atoms with Gasteiger partial charge in [-0.05, 0) is 43.4 Å². The molecule has 0 bridgehead atoms. The minimum atomic E-state index is -1.23. The first-order chi connectivity index (χ1) is 24.3. The highest BCUT2D eigenvalue weighted by molar-refractivity contribution is 8.05. The van der Waals surface area contributed by atoms with Gasteiger partial charge in [-0.25, -0.2) is 0 Å². The van der Waals surface area contributed by atoms with Crippen LogP contribution in [-0.2, 0) is 43.4 Å². The number of carbonyl (C=O) groups excluding carboxylic acids is 2. The lowest BCUT2D eigenvalue weighted by Gasteiger charge is -2.53. The first-order valence-electron chi connectivity index (χ1n) is 17.1. The molecule has 2 saturated heterocycles. The lowest BCUT2D eigenvalue weighted by molar-refractivity contribution is -0.140. The van der Waals surface area contributed by atoms with Gasteiger partial charge < -0.3 is 24.0 Å². The molecule has 50 heavy (non-hydrogen) atoms. The molecule has 2 fully saturated rings. The number of amides is 2. The Balaban J connectivity index is 1.33. The van der Waals surface area contributed by atoms with Crippen LogP contribution in [0.5, 0.6) is 5.75 Å². The van der Waals surface area contributed by atoms with E-state index in [2.05, 4.69) is 50.3 Å². The van der Waals surface area contributed by atoms with Crippen LogP contribution < -0.4 is 4.74 Å². The number of benzene rings is 3. The minimum absolute atomic E-state index is 0.0152. The smallest absolute Gasteiger partial charge is 0.234 e. The molecule has 9 heteroatoms. The Labute approximate surface area is 302 Å². The van der Waals surface area contributed by atoms with E-state index in [4.69, 9.17) is 14.2 Å². The number of para-hydroxylation sites is 1. The molecule has 4 heterocycles. The third-order valence-corrected chi connectivity index (χ3v) is 13.1. The van der Waals surface area contributed by atoms with Crippen molar-refractivity contribution in [2.24, 2.45) is 0 Å². The largest absolute Gasteiger partial charge is 0.487 e. The van der Waals surface area contributed by atoms with E-state index in [0.29, 0.717) is 31.0 Å². The fourth-order valence-electron chi connectivity index (χ4n) is 7.73. The van der Waals surface area contributed by atoms with Gasteiger partial charge in [0.15, 0.2) is 15.5 Å². The normalized spacial score (nSPS) is 25.4. The summed E-state index contributed by atoms with van der Waals surface area (Å²) >= 11 is 3.05. The second kappa shape index (κ2) is 13.1. The van der Waals surface area contributed by atoms with Gasteiger partial charge in [0, 0.05) is 31.5 Å². The van der Waals surface area contributed by atoms with Gasteiger partial charge in [0.2, 0.25) is 11.8 Å². The van der Waals surface area contributed by atoms with Gasteiger partial charge in [-0.1, -0.05) is 103 Å². The molecule has 0 aromatic heterocycles. The molecular formula is C41H40N2O5S2. The van der Waals surface area contributed by atoms with Crippen LogP contribution in [0.3, 0.4) is 0 Å². The summed E-state index contributed by atoms with van der Waals surface area (Å²) in [5, 5.41) is 0. The van der Waals surface area contributed by atoms with Crippen LogP contribution in [0.15, 0.2) is 127 Å². The molecule has 256 valence electrons. The van der Waals surface area contributed by atoms with Crippen molar-refractivity contribution in [3.8, 4) is 5.75 Å². The Morgan fingerprint density at radius 1 is 0.760 bits per heavy atom. The number of hydrogen-bond acceptors (Lipinski definition) is 7. The number of hydrogen-bond donors (Lipinski definition) is 0. The molecule has 8 rings (SSSR count). The molecule has 1 aliphatic carbocycles. The van der Waals surface area contributed by atoms with Crippen molar-refractivity contribution < 1.29 is 23.8 Å². The third-order valence-electron chi connectivity index (χ3n) is 9.92. The van der Waals surface area contributed by atoms with Crippen molar-refractivity contribution in [1.29, 1.82) is 0 Å². The van der Waals surface area contributed by atoms with Gasteiger partial charge >= 0.3 is 0 Å². The lowest BCUT2D eigenvalue weighted by Crippen LogP contribution is -2.64. The first-order valence-corrected chi connectivity index (χ1v) is 19.1. The SMILES string of the molecule is CC1(C)Cc2cccc(C3(C4(C5=COC(CC6=CC=CCC6)=CO5)SCC(=O)N4Cc4ccccc4)SCC(=O)N3Cc3ccccc3)c2O1. The molecule has 3 aromatic carbocycles. The average molecular weight is 705 g/mol. The number of carbonyl (C=O) groups is 2. The van der Waals surface area contributed by atoms with Gasteiger partial charge in [-0.15, -0.1) is 23.5 Å². The predicted molar refractivity (Wildman–Crippen MR) is 198 cm³/mol. The molecular weight excluding hydrogens is 665 g/mol. The fourth-order valence-corrected chi connectivity index (χ4v) is 11.1. The first kappa shape index (κ1) is 32.8. The Morgan fingerprint density at radius 2 is 1.42 bits per heavy atom. The van der Waals surface area contributed by atoms with E-state index in [-0.39, 0.29) is 23.3 Å². The Bertz CT molecular complexity index is 1940. The summed E-state index contributed by atoms with van der Waals surface area (Å²) in [5.74, 6) is 2.32. The van der Waals surface area contributed by atoms with Crippen LogP contribution in [-0.4, -0.2) is 43.6 Å². The van der Waals surface area contributed by atoms with Crippen LogP contribution in [0.4, 0.5) is 0 Å². The van der Waals surface area contributed by atoms with Gasteiger partial charge in [0.1, 0.15) is 29.6 Å². The summed E-state index contributed by atoms with van der Waals surface area (Å²) in [6.45, 7) is 4.84. The number of rotatable bonds is 9. The number of allylic oxidation sites excluding steroid dienone is 4. The molecule has 0 saturated carbocycles. The van der Waals surface area contributed by atoms with Gasteiger partial charge in [-0.3, -0.25) is 9.59 Å². The zero-order valence-corrected chi connectivity index (χ0v) is 29.9. The standard InChI is InChI=1S/C41H40N2O5S2/c1-39(2)22-32-19-12-20-34(38(32)48-39)40(42(36(44)27-49-40)23-30-15-8-4-9-16-30)41(43(37(45)28-50-41)24-31-17-10-5-11-18-31)35-26-46-33(25-47-35)21-29-13-6-3-7-14-29/h3-6,8-13,15-20,25-26H,7,14,21-24,27-28H2,1-2H3. The van der Waals surface area contributed by atoms with E-state index in [0.717, 1.165) is 47.3 Å². The van der Waals surface area contributed by atoms with Gasteiger partial charge in [-0.2, -0.15) is 0 Å². The second-order valence-electron chi connectivity index (χ2n) is 13.9. The quantitative estimate of drug-likeness (QED) is 0.223. The van der Waals surface area contributed by atoms with Crippen molar-refractivity contribution in [2.75, 3.05) is 11.5 Å². The summed E-state index contributed by atoms with van der Waals surface area (Å²) in [7, 11) is 0. The Kier molecular flexibility index (Phi) is 8.59. The summed E-state index contributed by atoms with van der Waals surface area (Å²) in [6.07, 6.45) is 13.1. The van der Waals surface area contributed by atoms with Crippen LogP contribution in [0.2, 0.25) is 0 Å². The molecule has 3 aromatic rings. The average Bonchev–Trinajstić information content (AvgIpc) is 3.76. The van der Waals surface area contributed by atoms with Gasteiger partial charge in [0.05, 0.1) is 11.5 Å². The molecule has 4 aliphatic heterocycles. The number of nitrogens with zero attached hydrogens (tertiary/aromatic N) is 2. The van der Waals surface area contributed by atoms with E-state index in [1.807, 2.05) is 70.5 Å². The molecule has 5 aliphatic rings. The summed E-state index contributed by atoms with van der Waals surface area (Å²) < 4.78 is 19.9. The van der Waals surface area contributed by atoms with Crippen LogP contribution in [0.1, 0.15) is 55.4 Å². The van der Waals surface area contributed by atoms with Crippen LogP contribution >= 0.6 is 23.5 Å². The van der Waals surface area contributed by atoms with E-state index in [1.54, 1.807) is 24.3 Å². The molecule has 2 amide bonds. The number of thioether (sulfide) groups is 2. The van der Waals surface area contributed by atoms with Gasteiger partial charge in [0.25, 0.3) is 0 Å². The topological polar surface area (TPSA) is 68.3 Å². The van der Waals surface area contributed by atoms with Crippen molar-refractivity contribution in [1.82, 2.24) is 9.80 Å². The van der Waals surface area contributed by atoms with Crippen LogP contribution in [0, 0.1) is 0 Å². The Morgan fingerprint density at radius 3 is 2.04 bits per heavy atom. The monoisotopic (exact) mass is 704 g/mol. The maximum Gasteiger partial charge on any atom is 0.234 e. The second-order valence-corrected chi connectivity index (χ2v) is 16.2. The highest BCUT2D eigenvalue weighted by Crippen LogP contribution is 2.66. The number of ether oxygens (including phenoxy) is 3. The predicted octanol–water partition coefficient (Wildman–Crippen LogP) is 8.20.